The third-order valence-corrected chi connectivity index (χ3v) is 2.94. The van der Waals surface area contributed by atoms with Crippen LogP contribution in [0.1, 0.15) is 17.2 Å². The molecule has 18 heavy (non-hydrogen) atoms. The monoisotopic (exact) mass is 316 g/mol. The molecule has 0 aromatic heterocycles. The lowest BCUT2D eigenvalue weighted by Crippen LogP contribution is -2.06. The van der Waals surface area contributed by atoms with Gasteiger partial charge in [0.05, 0.1) is 5.56 Å². The van der Waals surface area contributed by atoms with Gasteiger partial charge < -0.3 is 5.11 Å². The molecule has 1 unspecified atom stereocenters. The van der Waals surface area contributed by atoms with Crippen molar-refractivity contribution in [3.05, 3.63) is 69.4 Å². The van der Waals surface area contributed by atoms with Crippen LogP contribution in [0, 0.1) is 17.5 Å². The topological polar surface area (TPSA) is 20.2 Å². The molecule has 0 saturated carbocycles. The highest BCUT2D eigenvalue weighted by Gasteiger charge is 2.20. The highest BCUT2D eigenvalue weighted by atomic mass is 79.9. The molecule has 0 aliphatic heterocycles. The number of aliphatic hydroxyl groups is 1. The smallest absolute Gasteiger partial charge is 0.133 e. The van der Waals surface area contributed by atoms with Crippen LogP contribution in [0.4, 0.5) is 13.2 Å². The summed E-state index contributed by atoms with van der Waals surface area (Å²) in [6, 6.07) is 7.06. The Balaban J connectivity index is 2.49. The molecule has 1 atom stereocenters. The molecule has 0 amide bonds. The molecular formula is C13H8BrF3O. The Labute approximate surface area is 110 Å². The fraction of sp³-hybridized carbons (Fsp3) is 0.0769. The van der Waals surface area contributed by atoms with E-state index >= 15 is 0 Å². The van der Waals surface area contributed by atoms with E-state index in [-0.39, 0.29) is 10.0 Å². The molecule has 0 aliphatic rings. The molecule has 0 aliphatic carbocycles. The summed E-state index contributed by atoms with van der Waals surface area (Å²) in [7, 11) is 0. The average Bonchev–Trinajstić information content (AvgIpc) is 2.27. The van der Waals surface area contributed by atoms with Gasteiger partial charge in [0.15, 0.2) is 0 Å². The van der Waals surface area contributed by atoms with Gasteiger partial charge in [0.1, 0.15) is 23.6 Å². The van der Waals surface area contributed by atoms with E-state index in [0.717, 1.165) is 18.2 Å². The first-order chi connectivity index (χ1) is 8.49. The summed E-state index contributed by atoms with van der Waals surface area (Å²) in [4.78, 5) is 0. The molecule has 94 valence electrons. The van der Waals surface area contributed by atoms with Gasteiger partial charge in [0, 0.05) is 4.47 Å². The fourth-order valence-electron chi connectivity index (χ4n) is 1.66. The van der Waals surface area contributed by atoms with E-state index in [0.29, 0.717) is 0 Å². The van der Waals surface area contributed by atoms with Crippen molar-refractivity contribution in [2.24, 2.45) is 0 Å². The number of hydrogen-bond acceptors (Lipinski definition) is 1. The van der Waals surface area contributed by atoms with Crippen molar-refractivity contribution in [3.8, 4) is 0 Å². The van der Waals surface area contributed by atoms with Crippen molar-refractivity contribution >= 4 is 15.9 Å². The zero-order chi connectivity index (χ0) is 13.3. The SMILES string of the molecule is OC(c1cccc(F)c1)c1c(F)cc(Br)cc1F. The lowest BCUT2D eigenvalue weighted by Gasteiger charge is -2.13. The molecule has 1 nitrogen and oxygen atoms in total. The van der Waals surface area contributed by atoms with Crippen LogP contribution >= 0.6 is 15.9 Å². The number of aliphatic hydroxyl groups excluding tert-OH is 1. The van der Waals surface area contributed by atoms with Crippen molar-refractivity contribution in [2.75, 3.05) is 0 Å². The second-order valence-electron chi connectivity index (χ2n) is 3.74. The Hall–Kier alpha value is -1.33. The Bertz CT molecular complexity index is 563. The van der Waals surface area contributed by atoms with Crippen molar-refractivity contribution in [2.45, 2.75) is 6.10 Å². The molecule has 1 N–H and O–H groups in total. The van der Waals surface area contributed by atoms with E-state index in [1.54, 1.807) is 0 Å². The Morgan fingerprint density at radius 3 is 2.17 bits per heavy atom. The molecule has 0 bridgehead atoms. The standard InChI is InChI=1S/C13H8BrF3O/c14-8-5-10(16)12(11(17)6-8)13(18)7-2-1-3-9(15)4-7/h1-6,13,18H. The molecule has 0 fully saturated rings. The quantitative estimate of drug-likeness (QED) is 0.889. The van der Waals surface area contributed by atoms with Gasteiger partial charge in [-0.25, -0.2) is 13.2 Å². The summed E-state index contributed by atoms with van der Waals surface area (Å²) in [5.41, 5.74) is -0.404. The summed E-state index contributed by atoms with van der Waals surface area (Å²) in [5.74, 6) is -2.36. The number of rotatable bonds is 2. The van der Waals surface area contributed by atoms with Crippen LogP contribution in [0.15, 0.2) is 40.9 Å². The van der Waals surface area contributed by atoms with E-state index in [1.165, 1.54) is 18.2 Å². The van der Waals surface area contributed by atoms with Crippen LogP contribution in [0.3, 0.4) is 0 Å². The van der Waals surface area contributed by atoms with Gasteiger partial charge in [-0.2, -0.15) is 0 Å². The summed E-state index contributed by atoms with van der Waals surface area (Å²) in [6.45, 7) is 0. The van der Waals surface area contributed by atoms with Crippen molar-refractivity contribution in [1.29, 1.82) is 0 Å². The van der Waals surface area contributed by atoms with Crippen molar-refractivity contribution < 1.29 is 18.3 Å². The minimum absolute atomic E-state index is 0.0927. The molecule has 2 aromatic rings. The van der Waals surface area contributed by atoms with Crippen LogP contribution in [0.2, 0.25) is 0 Å². The first kappa shape index (κ1) is 13.1. The Morgan fingerprint density at radius 1 is 1.00 bits per heavy atom. The molecule has 0 heterocycles. The molecule has 0 spiro atoms. The minimum Gasteiger partial charge on any atom is -0.383 e. The predicted molar refractivity (Wildman–Crippen MR) is 64.5 cm³/mol. The van der Waals surface area contributed by atoms with Crippen LogP contribution in [-0.2, 0) is 0 Å². The molecule has 5 heteroatoms. The third-order valence-electron chi connectivity index (χ3n) is 2.48. The Morgan fingerprint density at radius 2 is 1.61 bits per heavy atom. The van der Waals surface area contributed by atoms with Crippen molar-refractivity contribution in [1.82, 2.24) is 0 Å². The van der Waals surface area contributed by atoms with Crippen LogP contribution in [-0.4, -0.2) is 5.11 Å². The highest BCUT2D eigenvalue weighted by molar-refractivity contribution is 9.10. The highest BCUT2D eigenvalue weighted by Crippen LogP contribution is 2.29. The first-order valence-electron chi connectivity index (χ1n) is 5.07. The number of benzene rings is 2. The van der Waals surface area contributed by atoms with Gasteiger partial charge >= 0.3 is 0 Å². The molecule has 2 rings (SSSR count). The molecule has 0 saturated heterocycles. The largest absolute Gasteiger partial charge is 0.383 e. The predicted octanol–water partition coefficient (Wildman–Crippen LogP) is 3.95. The van der Waals surface area contributed by atoms with Gasteiger partial charge in [-0.3, -0.25) is 0 Å². The van der Waals surface area contributed by atoms with Crippen LogP contribution in [0.5, 0.6) is 0 Å². The van der Waals surface area contributed by atoms with E-state index in [1.807, 2.05) is 0 Å². The lowest BCUT2D eigenvalue weighted by molar-refractivity contribution is 0.208. The van der Waals surface area contributed by atoms with Crippen molar-refractivity contribution in [3.63, 3.8) is 0 Å². The maximum atomic E-state index is 13.6. The summed E-state index contributed by atoms with van der Waals surface area (Å²) in [5, 5.41) is 9.91. The first-order valence-corrected chi connectivity index (χ1v) is 5.86. The number of hydrogen-bond donors (Lipinski definition) is 1. The zero-order valence-corrected chi connectivity index (χ0v) is 10.6. The fourth-order valence-corrected chi connectivity index (χ4v) is 2.06. The van der Waals surface area contributed by atoms with Gasteiger partial charge in [-0.15, -0.1) is 0 Å². The lowest BCUT2D eigenvalue weighted by atomic mass is 10.0. The maximum Gasteiger partial charge on any atom is 0.133 e. The second-order valence-corrected chi connectivity index (χ2v) is 4.66. The molecule has 2 aromatic carbocycles. The average molecular weight is 317 g/mol. The van der Waals surface area contributed by atoms with E-state index < -0.39 is 29.1 Å². The number of halogens is 4. The summed E-state index contributed by atoms with van der Waals surface area (Å²) < 4.78 is 40.5. The third kappa shape index (κ3) is 2.57. The minimum atomic E-state index is -1.55. The van der Waals surface area contributed by atoms with Gasteiger partial charge in [0.25, 0.3) is 0 Å². The van der Waals surface area contributed by atoms with Gasteiger partial charge in [0.2, 0.25) is 0 Å². The maximum absolute atomic E-state index is 13.6. The van der Waals surface area contributed by atoms with Crippen LogP contribution < -0.4 is 0 Å². The molecule has 0 radical (unpaired) electrons. The Kier molecular flexibility index (Phi) is 3.73. The van der Waals surface area contributed by atoms with Crippen LogP contribution in [0.25, 0.3) is 0 Å². The normalized spacial score (nSPS) is 12.5. The second kappa shape index (κ2) is 5.12. The van der Waals surface area contributed by atoms with E-state index in [2.05, 4.69) is 15.9 Å². The van der Waals surface area contributed by atoms with E-state index in [4.69, 9.17) is 0 Å². The summed E-state index contributed by atoms with van der Waals surface area (Å²) in [6.07, 6.45) is -1.55. The molecular weight excluding hydrogens is 309 g/mol. The van der Waals surface area contributed by atoms with E-state index in [9.17, 15) is 18.3 Å². The zero-order valence-electron chi connectivity index (χ0n) is 9.00. The summed E-state index contributed by atoms with van der Waals surface area (Å²) >= 11 is 2.94. The van der Waals surface area contributed by atoms with Gasteiger partial charge in [-0.05, 0) is 29.8 Å². The van der Waals surface area contributed by atoms with Gasteiger partial charge in [-0.1, -0.05) is 28.1 Å².